The van der Waals surface area contributed by atoms with Crippen LogP contribution in [0.25, 0.3) is 0 Å². The second kappa shape index (κ2) is 7.26. The molecule has 0 atom stereocenters. The fourth-order valence-corrected chi connectivity index (χ4v) is 2.58. The molecular formula is C16H21NO5. The third kappa shape index (κ3) is 3.98. The Labute approximate surface area is 129 Å². The number of nitrogens with one attached hydrogen (secondary N) is 1. The maximum atomic E-state index is 12.3. The first kappa shape index (κ1) is 16.3. The van der Waals surface area contributed by atoms with Crippen molar-refractivity contribution in [2.75, 3.05) is 20.3 Å². The monoisotopic (exact) mass is 307 g/mol. The van der Waals surface area contributed by atoms with Gasteiger partial charge >= 0.3 is 5.97 Å². The topological polar surface area (TPSA) is 84.9 Å². The second-order valence-corrected chi connectivity index (χ2v) is 5.58. The maximum absolute atomic E-state index is 12.3. The van der Waals surface area contributed by atoms with Crippen molar-refractivity contribution in [3.8, 4) is 5.75 Å². The zero-order valence-corrected chi connectivity index (χ0v) is 12.6. The van der Waals surface area contributed by atoms with Crippen molar-refractivity contribution in [2.24, 2.45) is 5.41 Å². The number of carboxylic acid groups (broad SMARTS) is 1. The first-order valence-electron chi connectivity index (χ1n) is 7.26. The third-order valence-corrected chi connectivity index (χ3v) is 3.93. The Morgan fingerprint density at radius 1 is 1.36 bits per heavy atom. The predicted molar refractivity (Wildman–Crippen MR) is 79.6 cm³/mol. The van der Waals surface area contributed by atoms with Crippen LogP contribution in [-0.2, 0) is 20.9 Å². The lowest BCUT2D eigenvalue weighted by atomic mass is 9.68. The van der Waals surface area contributed by atoms with Crippen LogP contribution >= 0.6 is 0 Å². The summed E-state index contributed by atoms with van der Waals surface area (Å²) < 4.78 is 10.3. The predicted octanol–water partition coefficient (Wildman–Crippen LogP) is 1.58. The number of rotatable bonds is 8. The average molecular weight is 307 g/mol. The van der Waals surface area contributed by atoms with E-state index in [9.17, 15) is 9.59 Å². The lowest BCUT2D eigenvalue weighted by molar-refractivity contribution is -0.141. The molecule has 1 aliphatic carbocycles. The molecule has 1 saturated carbocycles. The number of carbonyl (C=O) groups is 2. The van der Waals surface area contributed by atoms with Gasteiger partial charge in [-0.1, -0.05) is 18.6 Å². The van der Waals surface area contributed by atoms with E-state index in [2.05, 4.69) is 5.32 Å². The van der Waals surface area contributed by atoms with Crippen LogP contribution in [0.5, 0.6) is 5.75 Å². The maximum Gasteiger partial charge on any atom is 0.341 e. The normalized spacial score (nSPS) is 15.7. The van der Waals surface area contributed by atoms with Gasteiger partial charge in [-0.25, -0.2) is 4.79 Å². The zero-order chi connectivity index (χ0) is 16.0. The van der Waals surface area contributed by atoms with Crippen molar-refractivity contribution in [3.05, 3.63) is 29.8 Å². The van der Waals surface area contributed by atoms with Crippen LogP contribution in [0.1, 0.15) is 24.8 Å². The van der Waals surface area contributed by atoms with E-state index in [1.54, 1.807) is 25.3 Å². The van der Waals surface area contributed by atoms with Crippen LogP contribution in [0.2, 0.25) is 0 Å². The Kier molecular flexibility index (Phi) is 5.38. The fraction of sp³-hybridized carbons (Fsp3) is 0.500. The molecule has 22 heavy (non-hydrogen) atoms. The quantitative estimate of drug-likeness (QED) is 0.762. The molecule has 0 radical (unpaired) electrons. The van der Waals surface area contributed by atoms with E-state index in [1.807, 2.05) is 6.07 Å². The highest BCUT2D eigenvalue weighted by Gasteiger charge is 2.43. The highest BCUT2D eigenvalue weighted by atomic mass is 16.5. The van der Waals surface area contributed by atoms with Gasteiger partial charge < -0.3 is 19.9 Å². The Bertz CT molecular complexity index is 539. The largest absolute Gasteiger partial charge is 0.482 e. The Balaban J connectivity index is 1.89. The summed E-state index contributed by atoms with van der Waals surface area (Å²) >= 11 is 0. The van der Waals surface area contributed by atoms with Crippen LogP contribution < -0.4 is 10.1 Å². The lowest BCUT2D eigenvalue weighted by Crippen LogP contribution is -2.48. The molecule has 0 bridgehead atoms. The summed E-state index contributed by atoms with van der Waals surface area (Å²) in [5.41, 5.74) is 0.481. The Morgan fingerprint density at radius 2 is 2.14 bits per heavy atom. The first-order chi connectivity index (χ1) is 10.6. The number of hydrogen-bond donors (Lipinski definition) is 2. The minimum absolute atomic E-state index is 0.0115. The van der Waals surface area contributed by atoms with Gasteiger partial charge in [0.1, 0.15) is 5.75 Å². The van der Waals surface area contributed by atoms with E-state index in [1.165, 1.54) is 0 Å². The molecule has 2 rings (SSSR count). The first-order valence-corrected chi connectivity index (χ1v) is 7.26. The molecule has 0 heterocycles. The molecule has 2 N–H and O–H groups in total. The van der Waals surface area contributed by atoms with E-state index in [4.69, 9.17) is 14.6 Å². The number of benzene rings is 1. The smallest absolute Gasteiger partial charge is 0.341 e. The van der Waals surface area contributed by atoms with Crippen LogP contribution in [-0.4, -0.2) is 37.3 Å². The molecule has 1 aromatic carbocycles. The summed E-state index contributed by atoms with van der Waals surface area (Å²) in [4.78, 5) is 22.8. The van der Waals surface area contributed by atoms with Gasteiger partial charge in [0, 0.05) is 13.7 Å². The van der Waals surface area contributed by atoms with Gasteiger partial charge in [-0.2, -0.15) is 0 Å². The van der Waals surface area contributed by atoms with Crippen molar-refractivity contribution in [1.82, 2.24) is 5.32 Å². The van der Waals surface area contributed by atoms with Gasteiger partial charge in [0.15, 0.2) is 6.61 Å². The summed E-state index contributed by atoms with van der Waals surface area (Å²) in [5.74, 6) is -0.535. The van der Waals surface area contributed by atoms with Gasteiger partial charge in [0.25, 0.3) is 0 Å². The molecule has 0 spiro atoms. The number of hydrogen-bond acceptors (Lipinski definition) is 4. The summed E-state index contributed by atoms with van der Waals surface area (Å²) in [6.45, 7) is 0.446. The van der Waals surface area contributed by atoms with E-state index >= 15 is 0 Å². The zero-order valence-electron chi connectivity index (χ0n) is 12.6. The van der Waals surface area contributed by atoms with Crippen molar-refractivity contribution < 1.29 is 24.2 Å². The van der Waals surface area contributed by atoms with E-state index in [0.717, 1.165) is 24.8 Å². The van der Waals surface area contributed by atoms with Crippen molar-refractivity contribution in [2.45, 2.75) is 25.8 Å². The highest BCUT2D eigenvalue weighted by Crippen LogP contribution is 2.41. The Hall–Kier alpha value is -2.08. The summed E-state index contributed by atoms with van der Waals surface area (Å²) in [5, 5.41) is 11.5. The number of carbonyl (C=O) groups excluding carboxylic acids is 1. The van der Waals surface area contributed by atoms with Gasteiger partial charge in [-0.05, 0) is 30.5 Å². The summed E-state index contributed by atoms with van der Waals surface area (Å²) in [6, 6.07) is 7.05. The van der Waals surface area contributed by atoms with Crippen LogP contribution in [0.4, 0.5) is 0 Å². The average Bonchev–Trinajstić information content (AvgIpc) is 2.47. The number of ether oxygens (including phenoxy) is 2. The van der Waals surface area contributed by atoms with Crippen molar-refractivity contribution >= 4 is 11.9 Å². The molecule has 1 aromatic rings. The lowest BCUT2D eigenvalue weighted by Gasteiger charge is -2.39. The Morgan fingerprint density at radius 3 is 2.73 bits per heavy atom. The minimum atomic E-state index is -1.02. The molecule has 6 heteroatoms. The summed E-state index contributed by atoms with van der Waals surface area (Å²) in [7, 11) is 1.61. The van der Waals surface area contributed by atoms with Gasteiger partial charge in [0.05, 0.1) is 12.0 Å². The molecule has 0 saturated heterocycles. The summed E-state index contributed by atoms with van der Waals surface area (Å²) in [6.07, 6.45) is 2.76. The van der Waals surface area contributed by atoms with Crippen molar-refractivity contribution in [1.29, 1.82) is 0 Å². The molecular weight excluding hydrogens is 286 g/mol. The molecule has 1 aliphatic rings. The molecule has 1 amide bonds. The van der Waals surface area contributed by atoms with Crippen molar-refractivity contribution in [3.63, 3.8) is 0 Å². The standard InChI is InChI=1S/C16H21NO5/c1-21-11-16(6-3-7-16)15(20)17-9-12-4-2-5-13(8-12)22-10-14(18)19/h2,4-5,8H,3,6-7,9-11H2,1H3,(H,17,20)(H,18,19). The second-order valence-electron chi connectivity index (χ2n) is 5.58. The SMILES string of the molecule is COCC1(C(=O)NCc2cccc(OCC(=O)O)c2)CCC1. The van der Waals surface area contributed by atoms with Crippen LogP contribution in [0.15, 0.2) is 24.3 Å². The van der Waals surface area contributed by atoms with E-state index in [-0.39, 0.29) is 17.9 Å². The highest BCUT2D eigenvalue weighted by molar-refractivity contribution is 5.83. The molecule has 0 aromatic heterocycles. The van der Waals surface area contributed by atoms with Crippen LogP contribution in [0, 0.1) is 5.41 Å². The van der Waals surface area contributed by atoms with E-state index < -0.39 is 5.97 Å². The van der Waals surface area contributed by atoms with Gasteiger partial charge in [-0.3, -0.25) is 4.79 Å². The number of amides is 1. The number of carboxylic acids is 1. The van der Waals surface area contributed by atoms with Gasteiger partial charge in [-0.15, -0.1) is 0 Å². The van der Waals surface area contributed by atoms with Gasteiger partial charge in [0.2, 0.25) is 5.91 Å². The third-order valence-electron chi connectivity index (χ3n) is 3.93. The van der Waals surface area contributed by atoms with E-state index in [0.29, 0.717) is 18.9 Å². The molecule has 120 valence electrons. The number of aliphatic carboxylic acids is 1. The fourth-order valence-electron chi connectivity index (χ4n) is 2.58. The molecule has 0 aliphatic heterocycles. The minimum Gasteiger partial charge on any atom is -0.482 e. The number of methoxy groups -OCH3 is 1. The molecule has 6 nitrogen and oxygen atoms in total. The molecule has 0 unspecified atom stereocenters. The van der Waals surface area contributed by atoms with Crippen LogP contribution in [0.3, 0.4) is 0 Å². The molecule has 1 fully saturated rings.